The molecular weight excluding hydrogens is 558 g/mol. The molecule has 0 spiro atoms. The van der Waals surface area contributed by atoms with Crippen molar-refractivity contribution >= 4 is 39.4 Å². The van der Waals surface area contributed by atoms with Crippen molar-refractivity contribution in [3.8, 4) is 0 Å². The number of carbonyl (C=O) groups is 3. The average Bonchev–Trinajstić information content (AvgIpc) is 3.02. The second-order valence-corrected chi connectivity index (χ2v) is 11.0. The highest BCUT2D eigenvalue weighted by Gasteiger charge is 2.36. The van der Waals surface area contributed by atoms with Crippen LogP contribution in [0, 0.1) is 0 Å². The first kappa shape index (κ1) is 32.6. The van der Waals surface area contributed by atoms with Gasteiger partial charge in [-0.15, -0.1) is 0 Å². The number of ether oxygens (including phenoxy) is 2. The lowest BCUT2D eigenvalue weighted by Gasteiger charge is -2.23. The van der Waals surface area contributed by atoms with Gasteiger partial charge >= 0.3 is 11.9 Å². The summed E-state index contributed by atoms with van der Waals surface area (Å²) in [6.07, 6.45) is 3.56. The molecule has 4 aromatic carbocycles. The zero-order valence-corrected chi connectivity index (χ0v) is 25.0. The lowest BCUT2D eigenvalue weighted by molar-refractivity contribution is -0.172. The number of benzene rings is 4. The molecule has 0 saturated heterocycles. The zero-order chi connectivity index (χ0) is 31.1. The van der Waals surface area contributed by atoms with E-state index in [1.165, 1.54) is 32.7 Å². The average molecular weight is 600 g/mol. The quantitative estimate of drug-likeness (QED) is 0.110. The topological polar surface area (TPSA) is 122 Å². The molecule has 8 nitrogen and oxygen atoms in total. The van der Waals surface area contributed by atoms with E-state index in [0.717, 1.165) is 38.5 Å². The summed E-state index contributed by atoms with van der Waals surface area (Å²) in [7, 11) is 0. The first-order chi connectivity index (χ1) is 21.4. The summed E-state index contributed by atoms with van der Waals surface area (Å²) in [5.74, 6) is -3.39. The highest BCUT2D eigenvalue weighted by atomic mass is 16.6. The normalized spacial score (nSPS) is 12.6. The van der Waals surface area contributed by atoms with Crippen LogP contribution in [0.1, 0.15) is 49.7 Å². The molecule has 2 atom stereocenters. The number of carboxylic acid groups (broad SMARTS) is 2. The number of carbonyl (C=O) groups excluding carboxylic acids is 1. The fourth-order valence-electron chi connectivity index (χ4n) is 5.30. The Balaban J connectivity index is 1.20. The first-order valence-corrected chi connectivity index (χ1v) is 15.3. The molecule has 0 aliphatic rings. The first-order valence-electron chi connectivity index (χ1n) is 15.3. The van der Waals surface area contributed by atoms with Crippen molar-refractivity contribution in [2.24, 2.45) is 0 Å². The van der Waals surface area contributed by atoms with Crippen LogP contribution in [0.2, 0.25) is 0 Å². The summed E-state index contributed by atoms with van der Waals surface area (Å²) in [5, 5.41) is 26.3. The number of nitrogens with one attached hydrogen (secondary N) is 1. The van der Waals surface area contributed by atoms with E-state index >= 15 is 0 Å². The van der Waals surface area contributed by atoms with Gasteiger partial charge in [0.05, 0.1) is 0 Å². The molecule has 4 aromatic rings. The van der Waals surface area contributed by atoms with Gasteiger partial charge in [0, 0.05) is 13.2 Å². The second kappa shape index (κ2) is 17.1. The van der Waals surface area contributed by atoms with Crippen molar-refractivity contribution < 1.29 is 34.1 Å². The highest BCUT2D eigenvalue weighted by Crippen LogP contribution is 2.19. The third-order valence-corrected chi connectivity index (χ3v) is 7.64. The number of hydrogen-bond acceptors (Lipinski definition) is 5. The third kappa shape index (κ3) is 10.2. The van der Waals surface area contributed by atoms with Crippen molar-refractivity contribution in [1.29, 1.82) is 0 Å². The number of aryl methyl sites for hydroxylation is 2. The van der Waals surface area contributed by atoms with Crippen LogP contribution in [0.4, 0.5) is 0 Å². The van der Waals surface area contributed by atoms with Crippen molar-refractivity contribution in [1.82, 2.24) is 5.32 Å². The maximum absolute atomic E-state index is 13.0. The Hall–Kier alpha value is -4.27. The Labute approximate surface area is 258 Å². The number of amides is 1. The molecule has 0 aliphatic carbocycles. The minimum Gasteiger partial charge on any atom is -0.480 e. The van der Waals surface area contributed by atoms with Gasteiger partial charge in [-0.05, 0) is 71.2 Å². The number of fused-ring (bicyclic) bond motifs is 2. The van der Waals surface area contributed by atoms with Gasteiger partial charge in [0.15, 0.2) is 12.2 Å². The number of carboxylic acids is 2. The van der Waals surface area contributed by atoms with Gasteiger partial charge in [0.1, 0.15) is 6.61 Å². The van der Waals surface area contributed by atoms with Crippen molar-refractivity contribution in [2.75, 3.05) is 19.8 Å². The molecule has 0 aliphatic heterocycles. The van der Waals surface area contributed by atoms with Crippen LogP contribution >= 0.6 is 0 Å². The van der Waals surface area contributed by atoms with Gasteiger partial charge < -0.3 is 25.0 Å². The molecule has 0 heterocycles. The Bertz CT molecular complexity index is 1540. The smallest absolute Gasteiger partial charge is 0.336 e. The fourth-order valence-corrected chi connectivity index (χ4v) is 5.30. The highest BCUT2D eigenvalue weighted by molar-refractivity contribution is 5.88. The van der Waals surface area contributed by atoms with E-state index in [1.807, 2.05) is 24.3 Å². The van der Waals surface area contributed by atoms with Gasteiger partial charge in [0.25, 0.3) is 5.91 Å². The molecule has 0 fully saturated rings. The van der Waals surface area contributed by atoms with E-state index in [0.29, 0.717) is 19.4 Å². The molecule has 2 unspecified atom stereocenters. The molecule has 44 heavy (non-hydrogen) atoms. The lowest BCUT2D eigenvalue weighted by atomic mass is 10.0. The second-order valence-electron chi connectivity index (χ2n) is 11.0. The number of rotatable bonds is 19. The van der Waals surface area contributed by atoms with E-state index in [-0.39, 0.29) is 6.61 Å². The van der Waals surface area contributed by atoms with E-state index in [9.17, 15) is 19.5 Å². The number of hydrogen-bond donors (Lipinski definition) is 3. The predicted octanol–water partition coefficient (Wildman–Crippen LogP) is 6.17. The molecular formula is C36H41NO7. The summed E-state index contributed by atoms with van der Waals surface area (Å²) >= 11 is 0. The van der Waals surface area contributed by atoms with Crippen LogP contribution in [0.25, 0.3) is 21.5 Å². The minimum atomic E-state index is -1.73. The largest absolute Gasteiger partial charge is 0.480 e. The summed E-state index contributed by atoms with van der Waals surface area (Å²) in [4.78, 5) is 35.9. The Kier molecular flexibility index (Phi) is 12.7. The Morgan fingerprint density at radius 1 is 0.614 bits per heavy atom. The Morgan fingerprint density at radius 2 is 1.16 bits per heavy atom. The van der Waals surface area contributed by atoms with E-state index in [4.69, 9.17) is 14.6 Å². The van der Waals surface area contributed by atoms with Crippen molar-refractivity contribution in [3.63, 3.8) is 0 Å². The molecule has 0 saturated carbocycles. The van der Waals surface area contributed by atoms with Gasteiger partial charge in [-0.2, -0.15) is 0 Å². The standard InChI is InChI=1S/C36H41NO7/c38-32(39)25-44-34(36(41)42)33(43-22-10-2-4-12-27-18-20-29-14-6-8-16-31(29)24-27)35(40)37-21-9-1-3-11-26-17-19-28-13-5-7-15-30(28)23-26/h5-8,13-20,23-24,33-34H,1-4,9-12,21-22,25H2,(H,37,40)(H,38,39)(H,41,42). The number of unbranched alkanes of at least 4 members (excludes halogenated alkanes) is 4. The summed E-state index contributed by atoms with van der Waals surface area (Å²) in [5.41, 5.74) is 2.51. The van der Waals surface area contributed by atoms with E-state index in [2.05, 4.69) is 66.0 Å². The summed E-state index contributed by atoms with van der Waals surface area (Å²) < 4.78 is 10.8. The molecule has 3 N–H and O–H groups in total. The lowest BCUT2D eigenvalue weighted by Crippen LogP contribution is -2.49. The zero-order valence-electron chi connectivity index (χ0n) is 25.0. The van der Waals surface area contributed by atoms with E-state index in [1.54, 1.807) is 0 Å². The third-order valence-electron chi connectivity index (χ3n) is 7.64. The number of aliphatic carboxylic acids is 2. The molecule has 8 heteroatoms. The maximum atomic E-state index is 13.0. The predicted molar refractivity (Wildman–Crippen MR) is 171 cm³/mol. The minimum absolute atomic E-state index is 0.155. The molecule has 4 rings (SSSR count). The van der Waals surface area contributed by atoms with Gasteiger partial charge in [0.2, 0.25) is 0 Å². The van der Waals surface area contributed by atoms with Crippen LogP contribution in [0.15, 0.2) is 84.9 Å². The summed E-state index contributed by atoms with van der Waals surface area (Å²) in [6, 6.07) is 29.4. The molecule has 0 radical (unpaired) electrons. The molecule has 1 amide bonds. The molecule has 232 valence electrons. The van der Waals surface area contributed by atoms with Gasteiger partial charge in [-0.1, -0.05) is 97.8 Å². The fraction of sp³-hybridized carbons (Fsp3) is 0.361. The van der Waals surface area contributed by atoms with Crippen LogP contribution in [-0.4, -0.2) is 60.0 Å². The monoisotopic (exact) mass is 599 g/mol. The van der Waals surface area contributed by atoms with Gasteiger partial charge in [-0.3, -0.25) is 4.79 Å². The maximum Gasteiger partial charge on any atom is 0.336 e. The van der Waals surface area contributed by atoms with Crippen LogP contribution < -0.4 is 5.32 Å². The summed E-state index contributed by atoms with van der Waals surface area (Å²) in [6.45, 7) is -0.333. The van der Waals surface area contributed by atoms with Crippen molar-refractivity contribution in [2.45, 2.75) is 63.6 Å². The molecule has 0 bridgehead atoms. The van der Waals surface area contributed by atoms with Gasteiger partial charge in [-0.25, -0.2) is 9.59 Å². The van der Waals surface area contributed by atoms with E-state index < -0.39 is 36.7 Å². The van der Waals surface area contributed by atoms with Crippen molar-refractivity contribution in [3.05, 3.63) is 96.1 Å². The Morgan fingerprint density at radius 3 is 1.70 bits per heavy atom. The van der Waals surface area contributed by atoms with Crippen LogP contribution in [-0.2, 0) is 36.7 Å². The van der Waals surface area contributed by atoms with Crippen LogP contribution in [0.3, 0.4) is 0 Å². The molecule has 0 aromatic heterocycles. The SMILES string of the molecule is O=C(O)COC(C(=O)O)C(OCCCCCc1ccc2ccccc2c1)C(=O)NCCCCCc1ccc2ccccc2c1. The van der Waals surface area contributed by atoms with Crippen LogP contribution in [0.5, 0.6) is 0 Å².